The summed E-state index contributed by atoms with van der Waals surface area (Å²) in [4.78, 5) is 60.5. The minimum absolute atomic E-state index is 0. The Hall–Kier alpha value is -7.17. The van der Waals surface area contributed by atoms with Crippen LogP contribution in [-0.2, 0) is 21.1 Å². The van der Waals surface area contributed by atoms with Crippen LogP contribution in [0.15, 0.2) is 182 Å². The van der Waals surface area contributed by atoms with Gasteiger partial charge in [-0.15, -0.1) is 0 Å². The molecule has 0 unspecified atom stereocenters. The van der Waals surface area contributed by atoms with E-state index in [9.17, 15) is 59.4 Å². The summed E-state index contributed by atoms with van der Waals surface area (Å²) in [7, 11) is 0. The van der Waals surface area contributed by atoms with Gasteiger partial charge in [-0.1, -0.05) is 182 Å². The minimum atomic E-state index is -1.13. The van der Waals surface area contributed by atoms with Crippen molar-refractivity contribution in [2.24, 2.45) is 0 Å². The molecule has 0 aromatic heterocycles. The van der Waals surface area contributed by atoms with Crippen LogP contribution >= 0.6 is 0 Å². The molecule has 0 atom stereocenters. The Morgan fingerprint density at radius 3 is 0.364 bits per heavy atom. The van der Waals surface area contributed by atoms with Crippen molar-refractivity contribution in [1.29, 1.82) is 0 Å². The van der Waals surface area contributed by atoms with Crippen molar-refractivity contribution in [3.63, 3.8) is 0 Å². The van der Waals surface area contributed by atoms with Crippen molar-refractivity contribution >= 4 is 35.8 Å². The summed E-state index contributed by atoms with van der Waals surface area (Å²) in [6, 6.07) is 48.4. The van der Waals surface area contributed by atoms with Gasteiger partial charge < -0.3 is 59.4 Å². The third kappa shape index (κ3) is 22.4. The molecule has 6 aromatic carbocycles. The van der Waals surface area contributed by atoms with Crippen LogP contribution in [0.3, 0.4) is 0 Å². The first-order valence-electron chi connectivity index (χ1n) is 15.4. The first-order chi connectivity index (χ1) is 25.8. The van der Waals surface area contributed by atoms with E-state index < -0.39 is 35.8 Å². The molecule has 282 valence electrons. The maximum absolute atomic E-state index is 10.1. The normalized spacial score (nSPS) is 8.73. The molecule has 6 aromatic rings. The SMILES string of the molecule is O=C([O-])c1ccccc1.O=C([O-])c1ccccc1.O=C([O-])c1ccccc1.O=C([O-])c1ccccc1.O=C([O-])c1ccccc1.O=C([O-])c1ccccc1.[W]. The number of aromatic carboxylic acids is 6. The van der Waals surface area contributed by atoms with Crippen molar-refractivity contribution in [2.45, 2.75) is 0 Å². The van der Waals surface area contributed by atoms with E-state index in [1.54, 1.807) is 109 Å². The fourth-order valence-electron chi connectivity index (χ4n) is 3.45. The van der Waals surface area contributed by atoms with Crippen LogP contribution < -0.4 is 30.6 Å². The van der Waals surface area contributed by atoms with E-state index in [4.69, 9.17) is 0 Å². The number of hydrogen-bond donors (Lipinski definition) is 0. The fourth-order valence-corrected chi connectivity index (χ4v) is 3.45. The number of carbonyl (C=O) groups is 6. The molecule has 0 spiro atoms. The van der Waals surface area contributed by atoms with Gasteiger partial charge in [0.15, 0.2) is 0 Å². The molecule has 0 fully saturated rings. The summed E-state index contributed by atoms with van der Waals surface area (Å²) in [6.45, 7) is 0. The van der Waals surface area contributed by atoms with E-state index in [0.717, 1.165) is 0 Å². The number of carbonyl (C=O) groups excluding carboxylic acids is 6. The van der Waals surface area contributed by atoms with E-state index in [2.05, 4.69) is 0 Å². The van der Waals surface area contributed by atoms with Gasteiger partial charge in [-0.3, -0.25) is 0 Å². The van der Waals surface area contributed by atoms with Gasteiger partial charge in [0.05, 0.1) is 35.8 Å². The molecular weight excluding hydrogens is 880 g/mol. The zero-order valence-corrected chi connectivity index (χ0v) is 31.6. The fraction of sp³-hybridized carbons (Fsp3) is 0. The quantitative estimate of drug-likeness (QED) is 0.219. The molecule has 6 rings (SSSR count). The van der Waals surface area contributed by atoms with Gasteiger partial charge >= 0.3 is 0 Å². The predicted octanol–water partition coefficient (Wildman–Crippen LogP) is 0.298. The zero-order valence-electron chi connectivity index (χ0n) is 28.6. The second-order valence-corrected chi connectivity index (χ2v) is 9.92. The summed E-state index contributed by atoms with van der Waals surface area (Å²) in [5.74, 6) is -6.77. The summed E-state index contributed by atoms with van der Waals surface area (Å²) >= 11 is 0. The molecule has 0 bridgehead atoms. The van der Waals surface area contributed by atoms with E-state index in [1.807, 2.05) is 0 Å². The van der Waals surface area contributed by atoms with Crippen LogP contribution in [-0.4, -0.2) is 35.8 Å². The number of rotatable bonds is 6. The number of benzene rings is 6. The Bertz CT molecular complexity index is 1610. The van der Waals surface area contributed by atoms with Crippen LogP contribution in [0.1, 0.15) is 62.1 Å². The molecule has 0 saturated carbocycles. The van der Waals surface area contributed by atoms with Crippen LogP contribution in [0.2, 0.25) is 0 Å². The Labute approximate surface area is 330 Å². The molecule has 0 radical (unpaired) electrons. The van der Waals surface area contributed by atoms with Crippen LogP contribution in [0.5, 0.6) is 0 Å². The Balaban J connectivity index is 0.000000634. The Kier molecular flexibility index (Phi) is 24.7. The smallest absolute Gasteiger partial charge is 0.0715 e. The van der Waals surface area contributed by atoms with Gasteiger partial charge in [-0.25, -0.2) is 0 Å². The molecule has 0 amide bonds. The second-order valence-electron chi connectivity index (χ2n) is 9.92. The van der Waals surface area contributed by atoms with E-state index in [1.165, 1.54) is 72.8 Å². The Morgan fingerprint density at radius 2 is 0.309 bits per heavy atom. The van der Waals surface area contributed by atoms with Crippen LogP contribution in [0.25, 0.3) is 0 Å². The molecule has 0 N–H and O–H groups in total. The third-order valence-corrected chi connectivity index (χ3v) is 6.06. The van der Waals surface area contributed by atoms with Gasteiger partial charge in [0.2, 0.25) is 0 Å². The first-order valence-corrected chi connectivity index (χ1v) is 15.4. The van der Waals surface area contributed by atoms with Crippen molar-refractivity contribution in [3.8, 4) is 0 Å². The summed E-state index contributed by atoms with van der Waals surface area (Å²) in [6.07, 6.45) is 0. The van der Waals surface area contributed by atoms with Crippen LogP contribution in [0.4, 0.5) is 0 Å². The zero-order chi connectivity index (χ0) is 40.1. The molecule has 0 heterocycles. The van der Waals surface area contributed by atoms with Gasteiger partial charge in [0, 0.05) is 21.1 Å². The molecule has 13 heteroatoms. The van der Waals surface area contributed by atoms with Gasteiger partial charge in [0.25, 0.3) is 0 Å². The molecule has 55 heavy (non-hydrogen) atoms. The molecule has 0 aliphatic rings. The number of hydrogen-bond acceptors (Lipinski definition) is 12. The first kappa shape index (κ1) is 47.8. The summed E-state index contributed by atoms with van der Waals surface area (Å²) in [5, 5.41) is 60.5. The minimum Gasteiger partial charge on any atom is -0.545 e. The molecule has 12 nitrogen and oxygen atoms in total. The standard InChI is InChI=1S/6C7H6O2.W/c6*8-7(9)6-4-2-1-3-5-6;/h6*1-5H,(H,8,9);/p-6. The maximum Gasteiger partial charge on any atom is 0.0715 e. The molecular formula is C42H30O12W-6. The largest absolute Gasteiger partial charge is 0.545 e. The van der Waals surface area contributed by atoms with Gasteiger partial charge in [-0.05, 0) is 33.4 Å². The molecule has 0 saturated heterocycles. The topological polar surface area (TPSA) is 241 Å². The van der Waals surface area contributed by atoms with E-state index in [-0.39, 0.29) is 54.4 Å². The molecule has 0 aliphatic heterocycles. The van der Waals surface area contributed by atoms with Crippen molar-refractivity contribution < 1.29 is 80.5 Å². The Morgan fingerprint density at radius 1 is 0.218 bits per heavy atom. The third-order valence-electron chi connectivity index (χ3n) is 6.06. The predicted molar refractivity (Wildman–Crippen MR) is 185 cm³/mol. The van der Waals surface area contributed by atoms with Gasteiger partial charge in [-0.2, -0.15) is 0 Å². The maximum atomic E-state index is 10.1. The van der Waals surface area contributed by atoms with Crippen molar-refractivity contribution in [2.75, 3.05) is 0 Å². The number of carboxylic acid groups (broad SMARTS) is 6. The molecule has 0 aliphatic carbocycles. The van der Waals surface area contributed by atoms with Crippen LogP contribution in [0, 0.1) is 0 Å². The van der Waals surface area contributed by atoms with Crippen molar-refractivity contribution in [3.05, 3.63) is 215 Å². The second kappa shape index (κ2) is 28.4. The average Bonchev–Trinajstić information content (AvgIpc) is 3.21. The summed E-state index contributed by atoms with van der Waals surface area (Å²) in [5.41, 5.74) is 1.32. The van der Waals surface area contributed by atoms with E-state index >= 15 is 0 Å². The average molecular weight is 911 g/mol. The number of carboxylic acids is 6. The van der Waals surface area contributed by atoms with E-state index in [0.29, 0.717) is 0 Å². The van der Waals surface area contributed by atoms with Gasteiger partial charge in [0.1, 0.15) is 0 Å². The van der Waals surface area contributed by atoms with Crippen molar-refractivity contribution in [1.82, 2.24) is 0 Å². The summed E-state index contributed by atoms with van der Waals surface area (Å²) < 4.78 is 0. The monoisotopic (exact) mass is 910 g/mol.